The molecule has 0 N–H and O–H groups in total. The smallest absolute Gasteiger partial charge is 0.417 e. The zero-order chi connectivity index (χ0) is 30.7. The van der Waals surface area contributed by atoms with Crippen LogP contribution in [0.5, 0.6) is 0 Å². The van der Waals surface area contributed by atoms with Crippen molar-refractivity contribution in [2.45, 2.75) is 56.7 Å². The van der Waals surface area contributed by atoms with Crippen molar-refractivity contribution in [1.82, 2.24) is 14.9 Å². The summed E-state index contributed by atoms with van der Waals surface area (Å²) in [6.07, 6.45) is 2.48. The van der Waals surface area contributed by atoms with Crippen molar-refractivity contribution in [2.24, 2.45) is 0 Å². The Labute approximate surface area is 246 Å². The van der Waals surface area contributed by atoms with Gasteiger partial charge in [-0.3, -0.25) is 14.5 Å². The number of halogens is 3. The number of carbonyl (C=O) groups excluding carboxylic acids is 3. The van der Waals surface area contributed by atoms with E-state index in [2.05, 4.69) is 16.5 Å². The monoisotopic (exact) mass is 593 g/mol. The van der Waals surface area contributed by atoms with E-state index in [4.69, 9.17) is 4.74 Å². The SMILES string of the molecule is C=CN(C(=O)[C@H](c1ccccc1C)N(C(=O)[C@@H]1COC(=O)N1c1ncccn1)c1cccc(F)c1)C1CCC(F)(F)CC1. The number of aromatic nitrogens is 2. The minimum atomic E-state index is -2.83. The minimum absolute atomic E-state index is 0.0310. The molecular weight excluding hydrogens is 563 g/mol. The third-order valence-electron chi connectivity index (χ3n) is 7.76. The Kier molecular flexibility index (Phi) is 8.47. The molecule has 0 spiro atoms. The van der Waals surface area contributed by atoms with Crippen molar-refractivity contribution in [3.63, 3.8) is 0 Å². The molecule has 1 aromatic heterocycles. The van der Waals surface area contributed by atoms with E-state index in [-0.39, 0.29) is 31.1 Å². The molecule has 224 valence electrons. The van der Waals surface area contributed by atoms with Crippen LogP contribution in [0.25, 0.3) is 0 Å². The molecule has 3 amide bonds. The van der Waals surface area contributed by atoms with Crippen LogP contribution in [0.3, 0.4) is 0 Å². The number of nitrogens with zero attached hydrogens (tertiary/aromatic N) is 5. The summed E-state index contributed by atoms with van der Waals surface area (Å²) in [6.45, 7) is 5.17. The lowest BCUT2D eigenvalue weighted by Crippen LogP contribution is -2.54. The van der Waals surface area contributed by atoms with Crippen molar-refractivity contribution in [3.8, 4) is 0 Å². The van der Waals surface area contributed by atoms with Crippen LogP contribution in [0.1, 0.15) is 42.9 Å². The Morgan fingerprint density at radius 3 is 2.44 bits per heavy atom. The van der Waals surface area contributed by atoms with Gasteiger partial charge in [0.1, 0.15) is 18.5 Å². The number of rotatable bonds is 8. The van der Waals surface area contributed by atoms with Gasteiger partial charge in [0.05, 0.1) is 0 Å². The molecule has 43 heavy (non-hydrogen) atoms. The molecule has 1 aliphatic carbocycles. The molecule has 1 saturated carbocycles. The van der Waals surface area contributed by atoms with E-state index in [1.165, 1.54) is 41.7 Å². The summed E-state index contributed by atoms with van der Waals surface area (Å²) in [6, 6.07) is 10.3. The van der Waals surface area contributed by atoms with Gasteiger partial charge in [-0.15, -0.1) is 0 Å². The minimum Gasteiger partial charge on any atom is -0.446 e. The van der Waals surface area contributed by atoms with Gasteiger partial charge in [0.15, 0.2) is 6.04 Å². The van der Waals surface area contributed by atoms with Crippen LogP contribution in [-0.2, 0) is 14.3 Å². The van der Waals surface area contributed by atoms with E-state index in [0.717, 1.165) is 15.9 Å². The summed E-state index contributed by atoms with van der Waals surface area (Å²) < 4.78 is 47.9. The predicted molar refractivity (Wildman–Crippen MR) is 152 cm³/mol. The van der Waals surface area contributed by atoms with Gasteiger partial charge in [0, 0.05) is 37.0 Å². The van der Waals surface area contributed by atoms with Crippen LogP contribution in [0.4, 0.5) is 29.6 Å². The number of hydrogen-bond acceptors (Lipinski definition) is 6. The first-order valence-corrected chi connectivity index (χ1v) is 13.8. The van der Waals surface area contributed by atoms with Crippen molar-refractivity contribution >= 4 is 29.5 Å². The third kappa shape index (κ3) is 6.08. The normalized spacial score (nSPS) is 18.9. The highest BCUT2D eigenvalue weighted by molar-refractivity contribution is 6.09. The summed E-state index contributed by atoms with van der Waals surface area (Å²) in [5.41, 5.74) is 1.11. The second-order valence-electron chi connectivity index (χ2n) is 10.5. The van der Waals surface area contributed by atoms with Crippen LogP contribution in [0, 0.1) is 12.7 Å². The van der Waals surface area contributed by atoms with Gasteiger partial charge in [-0.1, -0.05) is 36.9 Å². The Bertz CT molecular complexity index is 1510. The number of aryl methyl sites for hydroxylation is 1. The number of benzene rings is 2. The van der Waals surface area contributed by atoms with E-state index in [9.17, 15) is 27.6 Å². The summed E-state index contributed by atoms with van der Waals surface area (Å²) >= 11 is 0. The fraction of sp³-hybridized carbons (Fsp3) is 0.323. The molecular formula is C31H30F3N5O4. The molecule has 2 heterocycles. The lowest BCUT2D eigenvalue weighted by Gasteiger charge is -2.40. The first kappa shape index (κ1) is 29.7. The van der Waals surface area contributed by atoms with Gasteiger partial charge in [-0.05, 0) is 61.4 Å². The van der Waals surface area contributed by atoms with Crippen molar-refractivity contribution in [1.29, 1.82) is 0 Å². The highest BCUT2D eigenvalue weighted by atomic mass is 19.3. The predicted octanol–water partition coefficient (Wildman–Crippen LogP) is 5.57. The average Bonchev–Trinajstić information content (AvgIpc) is 3.38. The fourth-order valence-electron chi connectivity index (χ4n) is 5.57. The van der Waals surface area contributed by atoms with E-state index >= 15 is 0 Å². The Hall–Kier alpha value is -4.74. The van der Waals surface area contributed by atoms with E-state index in [1.807, 2.05) is 0 Å². The third-order valence-corrected chi connectivity index (χ3v) is 7.76. The lowest BCUT2D eigenvalue weighted by molar-refractivity contribution is -0.136. The van der Waals surface area contributed by atoms with E-state index < -0.39 is 60.6 Å². The van der Waals surface area contributed by atoms with Crippen LogP contribution >= 0.6 is 0 Å². The standard InChI is InChI=1S/C31H30F3N5O4/c1-3-37(22-12-14-31(33,34)15-13-22)28(41)26(24-11-5-4-8-20(24)2)38(23-10-6-9-21(32)18-23)27(40)25-19-43-30(42)39(25)29-35-16-7-17-36-29/h3-11,16-18,22,25-26H,1,12-15,19H2,2H3/t25-,26-/m0/s1. The molecule has 0 unspecified atom stereocenters. The number of ether oxygens (including phenoxy) is 1. The maximum absolute atomic E-state index is 14.7. The molecule has 0 radical (unpaired) electrons. The number of alkyl halides is 2. The molecule has 5 rings (SSSR count). The van der Waals surface area contributed by atoms with E-state index in [1.54, 1.807) is 37.3 Å². The lowest BCUT2D eigenvalue weighted by atomic mass is 9.90. The molecule has 1 aliphatic heterocycles. The maximum atomic E-state index is 14.7. The van der Waals surface area contributed by atoms with Gasteiger partial charge in [0.2, 0.25) is 11.9 Å². The van der Waals surface area contributed by atoms with Gasteiger partial charge >= 0.3 is 6.09 Å². The van der Waals surface area contributed by atoms with Crippen LogP contribution in [0.15, 0.2) is 79.8 Å². The Balaban J connectivity index is 1.64. The second-order valence-corrected chi connectivity index (χ2v) is 10.5. The fourth-order valence-corrected chi connectivity index (χ4v) is 5.57. The van der Waals surface area contributed by atoms with Gasteiger partial charge in [-0.2, -0.15) is 0 Å². The number of hydrogen-bond donors (Lipinski definition) is 0. The largest absolute Gasteiger partial charge is 0.446 e. The molecule has 1 saturated heterocycles. The summed E-state index contributed by atoms with van der Waals surface area (Å²) in [4.78, 5) is 53.5. The quantitative estimate of drug-likeness (QED) is 0.339. The Morgan fingerprint density at radius 1 is 1.09 bits per heavy atom. The van der Waals surface area contributed by atoms with Crippen LogP contribution in [0.2, 0.25) is 0 Å². The van der Waals surface area contributed by atoms with E-state index in [0.29, 0.717) is 11.1 Å². The highest BCUT2D eigenvalue weighted by Crippen LogP contribution is 2.38. The average molecular weight is 594 g/mol. The molecule has 12 heteroatoms. The van der Waals surface area contributed by atoms with Gasteiger partial charge in [0.25, 0.3) is 11.8 Å². The molecule has 2 aliphatic rings. The summed E-state index contributed by atoms with van der Waals surface area (Å²) in [5.74, 6) is -4.96. The second kappa shape index (κ2) is 12.2. The van der Waals surface area contributed by atoms with Gasteiger partial charge < -0.3 is 9.64 Å². The number of anilines is 2. The molecule has 0 bridgehead atoms. The molecule has 2 atom stereocenters. The maximum Gasteiger partial charge on any atom is 0.417 e. The highest BCUT2D eigenvalue weighted by Gasteiger charge is 2.47. The van der Waals surface area contributed by atoms with Crippen molar-refractivity contribution in [2.75, 3.05) is 16.4 Å². The van der Waals surface area contributed by atoms with Gasteiger partial charge in [-0.25, -0.2) is 32.8 Å². The van der Waals surface area contributed by atoms with Crippen LogP contribution in [-0.4, -0.2) is 57.4 Å². The zero-order valence-electron chi connectivity index (χ0n) is 23.4. The van der Waals surface area contributed by atoms with Crippen LogP contribution < -0.4 is 9.80 Å². The topological polar surface area (TPSA) is 95.9 Å². The van der Waals surface area contributed by atoms with Crippen molar-refractivity contribution < 1.29 is 32.3 Å². The molecule has 2 aromatic carbocycles. The summed E-state index contributed by atoms with van der Waals surface area (Å²) in [7, 11) is 0. The number of amides is 3. The van der Waals surface area contributed by atoms with Crippen molar-refractivity contribution in [3.05, 3.63) is 96.7 Å². The summed E-state index contributed by atoms with van der Waals surface area (Å²) in [5, 5.41) is 0. The zero-order valence-corrected chi connectivity index (χ0v) is 23.4. The molecule has 3 aromatic rings. The number of carbonyl (C=O) groups is 3. The first-order chi connectivity index (χ1) is 20.6. The first-order valence-electron chi connectivity index (χ1n) is 13.8. The Morgan fingerprint density at radius 2 is 1.79 bits per heavy atom. The molecule has 2 fully saturated rings. The molecule has 9 nitrogen and oxygen atoms in total. The number of cyclic esters (lactones) is 1.